The molecule has 3 N–H and O–H groups in total. The van der Waals surface area contributed by atoms with Gasteiger partial charge >= 0.3 is 5.97 Å². The number of sulfonamides is 1. The fourth-order valence-electron chi connectivity index (χ4n) is 3.73. The molecule has 2 aromatic rings. The van der Waals surface area contributed by atoms with Gasteiger partial charge in [0.05, 0.1) is 17.1 Å². The summed E-state index contributed by atoms with van der Waals surface area (Å²) in [5.41, 5.74) is 2.19. The van der Waals surface area contributed by atoms with Gasteiger partial charge in [-0.2, -0.15) is 0 Å². The molecule has 2 aliphatic rings. The van der Waals surface area contributed by atoms with Crippen LogP contribution in [0.4, 0.5) is 5.69 Å². The van der Waals surface area contributed by atoms with E-state index in [1.807, 2.05) is 0 Å². The van der Waals surface area contributed by atoms with Gasteiger partial charge < -0.3 is 14.5 Å². The molecule has 1 aromatic carbocycles. The van der Waals surface area contributed by atoms with Crippen molar-refractivity contribution in [2.45, 2.75) is 37.5 Å². The molecule has 0 atom stereocenters. The molecule has 0 saturated carbocycles. The fourth-order valence-corrected chi connectivity index (χ4v) is 4.27. The molecule has 2 heterocycles. The van der Waals surface area contributed by atoms with E-state index in [1.165, 1.54) is 24.3 Å². The van der Waals surface area contributed by atoms with Gasteiger partial charge in [-0.3, -0.25) is 4.79 Å². The van der Waals surface area contributed by atoms with Crippen LogP contribution in [-0.2, 0) is 32.4 Å². The smallest absolute Gasteiger partial charge is 0.342 e. The zero-order chi connectivity index (χ0) is 20.8. The Morgan fingerprint density at radius 2 is 2.07 bits per heavy atom. The first-order chi connectivity index (χ1) is 13.8. The van der Waals surface area contributed by atoms with Crippen LogP contribution < -0.4 is 10.5 Å². The number of furan rings is 1. The molecule has 0 bridgehead atoms. The Kier molecular flexibility index (Phi) is 4.79. The Morgan fingerprint density at radius 1 is 1.31 bits per heavy atom. The number of carbonyl (C=O) groups excluding carboxylic acids is 2. The van der Waals surface area contributed by atoms with Crippen molar-refractivity contribution in [2.75, 3.05) is 11.9 Å². The van der Waals surface area contributed by atoms with Crippen LogP contribution in [0.25, 0.3) is 11.6 Å². The maximum Gasteiger partial charge on any atom is 0.342 e. The number of esters is 1. The molecule has 1 aliphatic carbocycles. The van der Waals surface area contributed by atoms with Crippen LogP contribution >= 0.6 is 0 Å². The van der Waals surface area contributed by atoms with Crippen LogP contribution in [0.15, 0.2) is 27.5 Å². The Bertz CT molecular complexity index is 1160. The number of amides is 1. The van der Waals surface area contributed by atoms with Crippen molar-refractivity contribution in [1.29, 1.82) is 0 Å². The van der Waals surface area contributed by atoms with Crippen molar-refractivity contribution in [2.24, 2.45) is 5.14 Å². The van der Waals surface area contributed by atoms with E-state index in [9.17, 15) is 18.0 Å². The third-order valence-corrected chi connectivity index (χ3v) is 5.97. The number of aryl methyl sites for hydroxylation is 1. The fraction of sp³-hybridized carbons (Fsp3) is 0.300. The van der Waals surface area contributed by atoms with E-state index in [2.05, 4.69) is 5.32 Å². The van der Waals surface area contributed by atoms with Crippen LogP contribution in [0.2, 0.25) is 0 Å². The first kappa shape index (κ1) is 19.4. The highest BCUT2D eigenvalue weighted by atomic mass is 32.2. The minimum Gasteiger partial charge on any atom is -0.462 e. The second-order valence-electron chi connectivity index (χ2n) is 6.94. The summed E-state index contributed by atoms with van der Waals surface area (Å²) in [6, 6.07) is 4.14. The lowest BCUT2D eigenvalue weighted by molar-refractivity contribution is -0.110. The van der Waals surface area contributed by atoms with E-state index in [0.29, 0.717) is 29.7 Å². The molecule has 1 aliphatic heterocycles. The van der Waals surface area contributed by atoms with Gasteiger partial charge in [0, 0.05) is 23.2 Å². The second kappa shape index (κ2) is 7.16. The monoisotopic (exact) mass is 416 g/mol. The predicted molar refractivity (Wildman–Crippen MR) is 106 cm³/mol. The zero-order valence-corrected chi connectivity index (χ0v) is 16.6. The number of rotatable bonds is 4. The Balaban J connectivity index is 1.87. The number of hydrogen-bond donors (Lipinski definition) is 2. The zero-order valence-electron chi connectivity index (χ0n) is 15.8. The average Bonchev–Trinajstić information content (AvgIpc) is 3.18. The van der Waals surface area contributed by atoms with Crippen LogP contribution in [0.1, 0.15) is 52.8 Å². The number of nitrogens with one attached hydrogen (secondary N) is 1. The number of anilines is 1. The highest BCUT2D eigenvalue weighted by Gasteiger charge is 2.31. The van der Waals surface area contributed by atoms with Gasteiger partial charge in [-0.25, -0.2) is 18.4 Å². The van der Waals surface area contributed by atoms with Crippen molar-refractivity contribution in [1.82, 2.24) is 0 Å². The number of carbonyl (C=O) groups is 2. The average molecular weight is 416 g/mol. The summed E-state index contributed by atoms with van der Waals surface area (Å²) < 4.78 is 34.5. The number of nitrogens with two attached hydrogens (primary N) is 1. The Morgan fingerprint density at radius 3 is 2.79 bits per heavy atom. The van der Waals surface area contributed by atoms with Crippen molar-refractivity contribution >= 4 is 39.2 Å². The van der Waals surface area contributed by atoms with Crippen LogP contribution in [0, 0.1) is 0 Å². The number of primary sulfonamides is 1. The van der Waals surface area contributed by atoms with E-state index < -0.39 is 21.9 Å². The molecule has 0 saturated heterocycles. The summed E-state index contributed by atoms with van der Waals surface area (Å²) in [5.74, 6) is 0.0522. The lowest BCUT2D eigenvalue weighted by atomic mass is 9.94. The third kappa shape index (κ3) is 3.47. The van der Waals surface area contributed by atoms with Gasteiger partial charge in [-0.1, -0.05) is 0 Å². The van der Waals surface area contributed by atoms with Crippen LogP contribution in [0.3, 0.4) is 0 Å². The summed E-state index contributed by atoms with van der Waals surface area (Å²) in [5, 5.41) is 7.90. The maximum atomic E-state index is 12.6. The van der Waals surface area contributed by atoms with Crippen molar-refractivity contribution in [3.8, 4) is 0 Å². The van der Waals surface area contributed by atoms with Gasteiger partial charge in [0.15, 0.2) is 0 Å². The van der Waals surface area contributed by atoms with Crippen molar-refractivity contribution in [3.63, 3.8) is 0 Å². The van der Waals surface area contributed by atoms with Crippen LogP contribution in [0.5, 0.6) is 0 Å². The second-order valence-corrected chi connectivity index (χ2v) is 8.50. The number of ether oxygens (including phenoxy) is 1. The predicted octanol–water partition coefficient (Wildman–Crippen LogP) is 2.48. The molecule has 9 heteroatoms. The SMILES string of the molecule is CCOC(=O)c1c(C=C2C(=O)Nc3ccc(S(N)(=O)=O)cc32)oc2c1CCCC2. The van der Waals surface area contributed by atoms with E-state index in [-0.39, 0.29) is 22.8 Å². The summed E-state index contributed by atoms with van der Waals surface area (Å²) in [7, 11) is -3.93. The Labute approximate surface area is 167 Å². The van der Waals surface area contributed by atoms with Crippen molar-refractivity contribution in [3.05, 3.63) is 46.4 Å². The molecule has 0 radical (unpaired) electrons. The van der Waals surface area contributed by atoms with Gasteiger partial charge in [0.25, 0.3) is 5.91 Å². The number of fused-ring (bicyclic) bond motifs is 2. The standard InChI is InChI=1S/C20H20N2O6S/c1-2-27-20(24)18-12-5-3-4-6-16(12)28-17(18)10-14-13-9-11(29(21,25)26)7-8-15(13)22-19(14)23/h7-10H,2-6H2,1H3,(H,22,23)(H2,21,25,26). The Hall–Kier alpha value is -2.91. The minimum absolute atomic E-state index is 0.108. The minimum atomic E-state index is -3.93. The number of benzene rings is 1. The summed E-state index contributed by atoms with van der Waals surface area (Å²) >= 11 is 0. The van der Waals surface area contributed by atoms with Gasteiger partial charge in [-0.05, 0) is 50.5 Å². The molecule has 1 amide bonds. The molecule has 4 rings (SSSR count). The third-order valence-electron chi connectivity index (χ3n) is 5.06. The van der Waals surface area contributed by atoms with Gasteiger partial charge in [-0.15, -0.1) is 0 Å². The molecule has 0 fully saturated rings. The van der Waals surface area contributed by atoms with E-state index >= 15 is 0 Å². The van der Waals surface area contributed by atoms with Gasteiger partial charge in [0.1, 0.15) is 17.1 Å². The molecule has 8 nitrogen and oxygen atoms in total. The molecule has 0 spiro atoms. The van der Waals surface area contributed by atoms with E-state index in [4.69, 9.17) is 14.3 Å². The number of hydrogen-bond acceptors (Lipinski definition) is 6. The highest BCUT2D eigenvalue weighted by molar-refractivity contribution is 7.89. The first-order valence-electron chi connectivity index (χ1n) is 9.31. The molecule has 152 valence electrons. The van der Waals surface area contributed by atoms with Gasteiger partial charge in [0.2, 0.25) is 10.0 Å². The molecule has 1 aromatic heterocycles. The lowest BCUT2D eigenvalue weighted by Crippen LogP contribution is -2.12. The van der Waals surface area contributed by atoms with Crippen molar-refractivity contribution < 1.29 is 27.2 Å². The summed E-state index contributed by atoms with van der Waals surface area (Å²) in [4.78, 5) is 25.0. The maximum absolute atomic E-state index is 12.6. The van der Waals surface area contributed by atoms with Crippen LogP contribution in [-0.4, -0.2) is 26.9 Å². The molecular formula is C20H20N2O6S. The van der Waals surface area contributed by atoms with E-state index in [0.717, 1.165) is 24.2 Å². The topological polar surface area (TPSA) is 129 Å². The normalized spacial score (nSPS) is 17.0. The van der Waals surface area contributed by atoms with E-state index in [1.54, 1.807) is 6.92 Å². The first-order valence-corrected chi connectivity index (χ1v) is 10.9. The lowest BCUT2D eigenvalue weighted by Gasteiger charge is -2.10. The molecule has 0 unspecified atom stereocenters. The highest BCUT2D eigenvalue weighted by Crippen LogP contribution is 2.37. The largest absolute Gasteiger partial charge is 0.462 e. The molecular weight excluding hydrogens is 396 g/mol. The summed E-state index contributed by atoms with van der Waals surface area (Å²) in [6.07, 6.45) is 4.78. The summed E-state index contributed by atoms with van der Waals surface area (Å²) in [6.45, 7) is 1.94. The molecule has 29 heavy (non-hydrogen) atoms. The quantitative estimate of drug-likeness (QED) is 0.582.